The van der Waals surface area contributed by atoms with E-state index in [9.17, 15) is 5.11 Å². The highest BCUT2D eigenvalue weighted by Gasteiger charge is 2.20. The molecule has 0 saturated heterocycles. The van der Waals surface area contributed by atoms with E-state index in [0.29, 0.717) is 21.8 Å². The van der Waals surface area contributed by atoms with Gasteiger partial charge in [0.1, 0.15) is 5.65 Å². The van der Waals surface area contributed by atoms with Crippen LogP contribution < -0.4 is 0 Å². The van der Waals surface area contributed by atoms with Crippen molar-refractivity contribution >= 4 is 34.9 Å². The molecule has 3 aromatic heterocycles. The van der Waals surface area contributed by atoms with Crippen LogP contribution in [0.2, 0.25) is 5.02 Å². The first-order valence-corrected chi connectivity index (χ1v) is 9.57. The van der Waals surface area contributed by atoms with E-state index in [4.69, 9.17) is 16.0 Å². The second-order valence-corrected chi connectivity index (χ2v) is 6.97. The average Bonchev–Trinajstić information content (AvgIpc) is 3.38. The molecule has 1 unspecified atom stereocenters. The molecule has 8 nitrogen and oxygen atoms in total. The number of hydrogen-bond donors (Lipinski definition) is 2. The molecule has 4 aromatic rings. The van der Waals surface area contributed by atoms with Crippen LogP contribution in [0.4, 0.5) is 0 Å². The van der Waals surface area contributed by atoms with Gasteiger partial charge in [0, 0.05) is 42.3 Å². The molecule has 0 aliphatic heterocycles. The molecule has 0 spiro atoms. The van der Waals surface area contributed by atoms with Gasteiger partial charge in [-0.15, -0.1) is 10.2 Å². The van der Waals surface area contributed by atoms with E-state index in [1.165, 1.54) is 0 Å². The molecular formula is C21H19ClN6O2. The Kier molecular flexibility index (Phi) is 5.60. The van der Waals surface area contributed by atoms with E-state index in [0.717, 1.165) is 10.9 Å². The van der Waals surface area contributed by atoms with Gasteiger partial charge >= 0.3 is 0 Å². The first-order valence-electron chi connectivity index (χ1n) is 9.19. The molecule has 0 bridgehead atoms. The molecule has 30 heavy (non-hydrogen) atoms. The van der Waals surface area contributed by atoms with Crippen molar-refractivity contribution in [2.24, 2.45) is 5.10 Å². The van der Waals surface area contributed by atoms with Crippen molar-refractivity contribution < 1.29 is 9.52 Å². The van der Waals surface area contributed by atoms with E-state index >= 15 is 0 Å². The number of aromatic amines is 1. The highest BCUT2D eigenvalue weighted by molar-refractivity contribution is 6.30. The Morgan fingerprint density at radius 2 is 2.17 bits per heavy atom. The van der Waals surface area contributed by atoms with Crippen molar-refractivity contribution in [2.75, 3.05) is 7.05 Å². The molecule has 0 amide bonds. The predicted molar refractivity (Wildman–Crippen MR) is 116 cm³/mol. The summed E-state index contributed by atoms with van der Waals surface area (Å²) in [6.07, 6.45) is 7.88. The molecule has 0 radical (unpaired) electrons. The van der Waals surface area contributed by atoms with Crippen LogP contribution in [0.15, 0.2) is 58.4 Å². The number of rotatable bonds is 6. The van der Waals surface area contributed by atoms with Gasteiger partial charge in [0.2, 0.25) is 11.8 Å². The lowest BCUT2D eigenvalue weighted by molar-refractivity contribution is 0.183. The summed E-state index contributed by atoms with van der Waals surface area (Å²) in [7, 11) is 1.84. The summed E-state index contributed by atoms with van der Waals surface area (Å²) in [4.78, 5) is 7.53. The minimum absolute atomic E-state index is 0.0877. The Bertz CT molecular complexity index is 1230. The maximum atomic E-state index is 10.5. The number of H-pyrrole nitrogens is 1. The third kappa shape index (κ3) is 4.10. The van der Waals surface area contributed by atoms with E-state index in [1.54, 1.807) is 47.9 Å². The van der Waals surface area contributed by atoms with Crippen LogP contribution in [0.5, 0.6) is 0 Å². The molecule has 0 fully saturated rings. The van der Waals surface area contributed by atoms with Crippen molar-refractivity contribution in [1.29, 1.82) is 0 Å². The molecule has 9 heteroatoms. The maximum absolute atomic E-state index is 10.5. The Balaban J connectivity index is 1.64. The molecule has 1 aromatic carbocycles. The molecule has 1 atom stereocenters. The second-order valence-electron chi connectivity index (χ2n) is 6.53. The molecular weight excluding hydrogens is 404 g/mol. The number of nitrogens with zero attached hydrogens (tertiary/aromatic N) is 5. The number of nitrogens with one attached hydrogen (secondary N) is 1. The van der Waals surface area contributed by atoms with E-state index in [-0.39, 0.29) is 11.8 Å². The zero-order valence-corrected chi connectivity index (χ0v) is 17.1. The van der Waals surface area contributed by atoms with Crippen molar-refractivity contribution in [3.05, 3.63) is 71.0 Å². The van der Waals surface area contributed by atoms with Gasteiger partial charge in [0.25, 0.3) is 0 Å². The van der Waals surface area contributed by atoms with Gasteiger partial charge in [0.15, 0.2) is 6.10 Å². The molecule has 2 N–H and O–H groups in total. The van der Waals surface area contributed by atoms with E-state index < -0.39 is 6.10 Å². The van der Waals surface area contributed by atoms with Crippen LogP contribution in [-0.2, 0) is 0 Å². The van der Waals surface area contributed by atoms with Crippen LogP contribution in [0.25, 0.3) is 28.6 Å². The van der Waals surface area contributed by atoms with E-state index in [2.05, 4.69) is 25.3 Å². The summed E-state index contributed by atoms with van der Waals surface area (Å²) in [5.74, 6) is 0.373. The van der Waals surface area contributed by atoms with Crippen LogP contribution in [0.3, 0.4) is 0 Å². The zero-order valence-electron chi connectivity index (χ0n) is 16.3. The number of benzene rings is 1. The first kappa shape index (κ1) is 19.8. The Morgan fingerprint density at radius 3 is 2.97 bits per heavy atom. The van der Waals surface area contributed by atoms with Gasteiger partial charge in [-0.2, -0.15) is 5.10 Å². The lowest BCUT2D eigenvalue weighted by Gasteiger charge is -2.06. The number of hydrogen-bond acceptors (Lipinski definition) is 7. The fraction of sp³-hybridized carbons (Fsp3) is 0.143. The second kappa shape index (κ2) is 8.48. The van der Waals surface area contributed by atoms with Crippen LogP contribution in [-0.4, -0.2) is 43.5 Å². The SMILES string of the molecule is C/C=N\N(C)/C=C/c1cnc2[nH]cc(-c3nnc(C(O)c4cccc(Cl)c4)o3)c2c1. The lowest BCUT2D eigenvalue weighted by atomic mass is 10.1. The monoisotopic (exact) mass is 422 g/mol. The van der Waals surface area contributed by atoms with Crippen molar-refractivity contribution in [3.8, 4) is 11.5 Å². The van der Waals surface area contributed by atoms with Crippen LogP contribution in [0, 0.1) is 0 Å². The van der Waals surface area contributed by atoms with Gasteiger partial charge < -0.3 is 14.5 Å². The number of aliphatic hydroxyl groups excluding tert-OH is 1. The number of fused-ring (bicyclic) bond motifs is 1. The molecule has 4 rings (SSSR count). The zero-order chi connectivity index (χ0) is 21.1. The fourth-order valence-corrected chi connectivity index (χ4v) is 3.17. The Hall–Kier alpha value is -3.49. The highest BCUT2D eigenvalue weighted by Crippen LogP contribution is 2.30. The molecule has 0 aliphatic carbocycles. The largest absolute Gasteiger partial charge is 0.417 e. The summed E-state index contributed by atoms with van der Waals surface area (Å²) in [5, 5.41) is 25.8. The smallest absolute Gasteiger partial charge is 0.250 e. The molecule has 0 saturated carbocycles. The highest BCUT2D eigenvalue weighted by atomic mass is 35.5. The van der Waals surface area contributed by atoms with Crippen LogP contribution >= 0.6 is 11.6 Å². The average molecular weight is 423 g/mol. The summed E-state index contributed by atoms with van der Waals surface area (Å²) in [5.41, 5.74) is 2.85. The quantitative estimate of drug-likeness (QED) is 0.355. The summed E-state index contributed by atoms with van der Waals surface area (Å²) >= 11 is 6.00. The van der Waals surface area contributed by atoms with Gasteiger partial charge in [-0.25, -0.2) is 4.98 Å². The number of pyridine rings is 1. The van der Waals surface area contributed by atoms with Gasteiger partial charge in [0.05, 0.1) is 5.56 Å². The normalized spacial score (nSPS) is 12.9. The summed E-state index contributed by atoms with van der Waals surface area (Å²) in [6.45, 7) is 1.85. The Labute approximate surface area is 177 Å². The van der Waals surface area contributed by atoms with Gasteiger partial charge in [-0.1, -0.05) is 23.7 Å². The lowest BCUT2D eigenvalue weighted by Crippen LogP contribution is -1.99. The number of halogens is 1. The number of aromatic nitrogens is 4. The van der Waals surface area contributed by atoms with Crippen molar-refractivity contribution in [2.45, 2.75) is 13.0 Å². The predicted octanol–water partition coefficient (Wildman–Crippen LogP) is 4.26. The van der Waals surface area contributed by atoms with Crippen molar-refractivity contribution in [3.63, 3.8) is 0 Å². The minimum atomic E-state index is -1.07. The molecule has 152 valence electrons. The molecule has 0 aliphatic rings. The standard InChI is InChI=1S/C21H19ClN6O2/c1-3-25-28(2)8-7-13-9-16-17(12-24-19(16)23-11-13)20-26-27-21(30-20)18(29)14-5-4-6-15(22)10-14/h3-12,18,29H,1-2H3,(H,23,24)/b8-7+,25-3-. The third-order valence-electron chi connectivity index (χ3n) is 4.40. The minimum Gasteiger partial charge on any atom is -0.417 e. The molecule has 3 heterocycles. The first-order chi connectivity index (χ1) is 14.5. The van der Waals surface area contributed by atoms with Crippen LogP contribution in [0.1, 0.15) is 30.0 Å². The van der Waals surface area contributed by atoms with Gasteiger partial charge in [-0.05, 0) is 42.3 Å². The van der Waals surface area contributed by atoms with E-state index in [1.807, 2.05) is 32.3 Å². The number of hydrazone groups is 1. The fourth-order valence-electron chi connectivity index (χ4n) is 2.98. The van der Waals surface area contributed by atoms with Crippen molar-refractivity contribution in [1.82, 2.24) is 25.2 Å². The maximum Gasteiger partial charge on any atom is 0.250 e. The Morgan fingerprint density at radius 1 is 1.30 bits per heavy atom. The number of aliphatic hydroxyl groups is 1. The third-order valence-corrected chi connectivity index (χ3v) is 4.64. The summed E-state index contributed by atoms with van der Waals surface area (Å²) in [6, 6.07) is 8.85. The topological polar surface area (TPSA) is 103 Å². The summed E-state index contributed by atoms with van der Waals surface area (Å²) < 4.78 is 5.75. The van der Waals surface area contributed by atoms with Gasteiger partial charge in [-0.3, -0.25) is 5.01 Å².